The molecule has 2 atom stereocenters. The first-order valence-electron chi connectivity index (χ1n) is 12.4. The van der Waals surface area contributed by atoms with E-state index in [0.717, 1.165) is 43.8 Å². The molecule has 0 bridgehead atoms. The highest BCUT2D eigenvalue weighted by Gasteiger charge is 2.55. The molecule has 186 valence electrons. The molecule has 2 saturated heterocycles. The number of hydrogen-bond acceptors (Lipinski definition) is 6. The topological polar surface area (TPSA) is 80.3 Å². The van der Waals surface area contributed by atoms with Crippen LogP contribution in [-0.4, -0.2) is 66.7 Å². The third-order valence-corrected chi connectivity index (χ3v) is 7.58. The van der Waals surface area contributed by atoms with Crippen molar-refractivity contribution in [3.05, 3.63) is 54.1 Å². The molecule has 0 saturated carbocycles. The van der Waals surface area contributed by atoms with Crippen LogP contribution in [0.1, 0.15) is 31.7 Å². The van der Waals surface area contributed by atoms with Crippen LogP contribution in [0.4, 0.5) is 4.79 Å². The number of imide groups is 1. The Hall–Kier alpha value is -3.26. The molecule has 3 heterocycles. The van der Waals surface area contributed by atoms with E-state index in [2.05, 4.69) is 16.3 Å². The summed E-state index contributed by atoms with van der Waals surface area (Å²) in [5, 5.41) is 3.08. The zero-order chi connectivity index (χ0) is 24.4. The lowest BCUT2D eigenvalue weighted by Crippen LogP contribution is -2.56. The Morgan fingerprint density at radius 2 is 1.77 bits per heavy atom. The average molecular weight is 480 g/mol. The average Bonchev–Trinajstić information content (AvgIpc) is 3.14. The molecule has 0 aliphatic carbocycles. The summed E-state index contributed by atoms with van der Waals surface area (Å²) >= 11 is 0. The standard InChI is InChI=1S/C27H33N3O5/c1-3-27(20-12-14-29(15-13-20)16-19-8-4-5-9-22(19)33-2)25(31)30(26(32)28-27)17-21-18-34-23-10-6-7-11-24(23)35-21/h4-11,20-21H,3,12-18H2,1-2H3,(H,28,32)/t21-,27+/m0/s1. The Labute approximate surface area is 206 Å². The van der Waals surface area contributed by atoms with Gasteiger partial charge >= 0.3 is 6.03 Å². The number of methoxy groups -OCH3 is 1. The van der Waals surface area contributed by atoms with Gasteiger partial charge in [-0.2, -0.15) is 0 Å². The third kappa shape index (κ3) is 4.43. The molecule has 0 spiro atoms. The maximum atomic E-state index is 13.7. The molecule has 35 heavy (non-hydrogen) atoms. The number of likely N-dealkylation sites (tertiary alicyclic amines) is 1. The summed E-state index contributed by atoms with van der Waals surface area (Å²) in [4.78, 5) is 30.3. The highest BCUT2D eigenvalue weighted by molar-refractivity contribution is 6.07. The Morgan fingerprint density at radius 3 is 2.51 bits per heavy atom. The summed E-state index contributed by atoms with van der Waals surface area (Å²) < 4.78 is 17.3. The fourth-order valence-electron chi connectivity index (χ4n) is 5.63. The summed E-state index contributed by atoms with van der Waals surface area (Å²) in [7, 11) is 1.69. The van der Waals surface area contributed by atoms with Crippen molar-refractivity contribution < 1.29 is 23.8 Å². The van der Waals surface area contributed by atoms with Gasteiger partial charge in [-0.05, 0) is 56.5 Å². The van der Waals surface area contributed by atoms with E-state index in [4.69, 9.17) is 14.2 Å². The second kappa shape index (κ2) is 9.77. The number of para-hydroxylation sites is 3. The zero-order valence-corrected chi connectivity index (χ0v) is 20.4. The molecule has 5 rings (SSSR count). The van der Waals surface area contributed by atoms with Crippen LogP contribution in [0.5, 0.6) is 17.2 Å². The first kappa shape index (κ1) is 23.5. The number of nitrogens with zero attached hydrogens (tertiary/aromatic N) is 2. The molecule has 2 aromatic carbocycles. The molecule has 8 nitrogen and oxygen atoms in total. The van der Waals surface area contributed by atoms with Gasteiger partial charge in [0, 0.05) is 12.1 Å². The molecule has 2 aromatic rings. The normalized spacial score (nSPS) is 25.0. The van der Waals surface area contributed by atoms with Gasteiger partial charge in [0.15, 0.2) is 17.6 Å². The minimum absolute atomic E-state index is 0.0899. The van der Waals surface area contributed by atoms with Crippen molar-refractivity contribution in [1.29, 1.82) is 0 Å². The van der Waals surface area contributed by atoms with Crippen LogP contribution in [0.3, 0.4) is 0 Å². The van der Waals surface area contributed by atoms with Crippen molar-refractivity contribution in [2.75, 3.05) is 33.4 Å². The predicted octanol–water partition coefficient (Wildman–Crippen LogP) is 3.45. The number of ether oxygens (including phenoxy) is 3. The molecule has 8 heteroatoms. The minimum atomic E-state index is -0.860. The van der Waals surface area contributed by atoms with Gasteiger partial charge in [-0.3, -0.25) is 14.6 Å². The summed E-state index contributed by atoms with van der Waals surface area (Å²) in [6, 6.07) is 15.2. The molecular formula is C27H33N3O5. The van der Waals surface area contributed by atoms with Crippen LogP contribution < -0.4 is 19.5 Å². The lowest BCUT2D eigenvalue weighted by Gasteiger charge is -2.40. The van der Waals surface area contributed by atoms with E-state index in [9.17, 15) is 9.59 Å². The number of amides is 3. The molecule has 0 unspecified atom stereocenters. The smallest absolute Gasteiger partial charge is 0.325 e. The second-order valence-corrected chi connectivity index (χ2v) is 9.53. The number of fused-ring (bicyclic) bond motifs is 1. The molecule has 1 N–H and O–H groups in total. The highest BCUT2D eigenvalue weighted by atomic mass is 16.6. The van der Waals surface area contributed by atoms with Crippen molar-refractivity contribution in [1.82, 2.24) is 15.1 Å². The molecule has 2 fully saturated rings. The summed E-state index contributed by atoms with van der Waals surface area (Å²) in [6.07, 6.45) is 1.87. The van der Waals surface area contributed by atoms with Gasteiger partial charge < -0.3 is 19.5 Å². The van der Waals surface area contributed by atoms with E-state index in [1.165, 1.54) is 4.90 Å². The number of carbonyl (C=O) groups excluding carboxylic acids is 2. The van der Waals surface area contributed by atoms with E-state index in [1.807, 2.05) is 49.4 Å². The first-order chi connectivity index (χ1) is 17.0. The lowest BCUT2D eigenvalue weighted by molar-refractivity contribution is -0.135. The number of benzene rings is 2. The van der Waals surface area contributed by atoms with E-state index >= 15 is 0 Å². The van der Waals surface area contributed by atoms with Crippen molar-refractivity contribution in [3.63, 3.8) is 0 Å². The predicted molar refractivity (Wildman–Crippen MR) is 131 cm³/mol. The van der Waals surface area contributed by atoms with Gasteiger partial charge in [0.2, 0.25) is 0 Å². The first-order valence-corrected chi connectivity index (χ1v) is 12.4. The Balaban J connectivity index is 1.23. The van der Waals surface area contributed by atoms with Gasteiger partial charge in [0.25, 0.3) is 5.91 Å². The van der Waals surface area contributed by atoms with Crippen LogP contribution >= 0.6 is 0 Å². The maximum Gasteiger partial charge on any atom is 0.325 e. The van der Waals surface area contributed by atoms with Crippen LogP contribution in [0.25, 0.3) is 0 Å². The number of nitrogens with one attached hydrogen (secondary N) is 1. The number of carbonyl (C=O) groups is 2. The molecule has 0 radical (unpaired) electrons. The van der Waals surface area contributed by atoms with E-state index < -0.39 is 11.6 Å². The minimum Gasteiger partial charge on any atom is -0.496 e. The van der Waals surface area contributed by atoms with Crippen molar-refractivity contribution in [2.24, 2.45) is 5.92 Å². The van der Waals surface area contributed by atoms with Gasteiger partial charge in [-0.1, -0.05) is 37.3 Å². The Kier molecular flexibility index (Phi) is 6.56. The SMILES string of the molecule is CC[C@]1(C2CCN(Cc3ccccc3OC)CC2)NC(=O)N(C[C@H]2COc3ccccc3O2)C1=O. The fourth-order valence-corrected chi connectivity index (χ4v) is 5.63. The Bertz CT molecular complexity index is 1080. The monoisotopic (exact) mass is 479 g/mol. The highest BCUT2D eigenvalue weighted by Crippen LogP contribution is 2.37. The van der Waals surface area contributed by atoms with Crippen LogP contribution in [0, 0.1) is 5.92 Å². The Morgan fingerprint density at radius 1 is 1.06 bits per heavy atom. The van der Waals surface area contributed by atoms with Gasteiger partial charge in [-0.15, -0.1) is 0 Å². The summed E-state index contributed by atoms with van der Waals surface area (Å²) in [5.74, 6) is 2.16. The van der Waals surface area contributed by atoms with E-state index in [-0.39, 0.29) is 24.4 Å². The molecule has 0 aromatic heterocycles. The molecule has 3 aliphatic rings. The lowest BCUT2D eigenvalue weighted by atomic mass is 9.75. The van der Waals surface area contributed by atoms with Gasteiger partial charge in [-0.25, -0.2) is 4.79 Å². The molecule has 3 amide bonds. The quantitative estimate of drug-likeness (QED) is 0.613. The largest absolute Gasteiger partial charge is 0.496 e. The van der Waals surface area contributed by atoms with E-state index in [1.54, 1.807) is 7.11 Å². The van der Waals surface area contributed by atoms with Gasteiger partial charge in [0.05, 0.1) is 13.7 Å². The van der Waals surface area contributed by atoms with Crippen molar-refractivity contribution in [3.8, 4) is 17.2 Å². The number of hydrogen-bond donors (Lipinski definition) is 1. The van der Waals surface area contributed by atoms with Gasteiger partial charge in [0.1, 0.15) is 17.9 Å². The van der Waals surface area contributed by atoms with Crippen LogP contribution in [-0.2, 0) is 11.3 Å². The summed E-state index contributed by atoms with van der Waals surface area (Å²) in [6.45, 7) is 5.00. The molecular weight excluding hydrogens is 446 g/mol. The number of piperidine rings is 1. The van der Waals surface area contributed by atoms with E-state index in [0.29, 0.717) is 24.5 Å². The summed E-state index contributed by atoms with van der Waals surface area (Å²) in [5.41, 5.74) is 0.299. The second-order valence-electron chi connectivity index (χ2n) is 9.53. The van der Waals surface area contributed by atoms with Crippen LogP contribution in [0.2, 0.25) is 0 Å². The third-order valence-electron chi connectivity index (χ3n) is 7.58. The molecule has 3 aliphatic heterocycles. The maximum absolute atomic E-state index is 13.7. The van der Waals surface area contributed by atoms with Crippen molar-refractivity contribution in [2.45, 2.75) is 44.4 Å². The zero-order valence-electron chi connectivity index (χ0n) is 20.4. The number of urea groups is 1. The fraction of sp³-hybridized carbons (Fsp3) is 0.481. The van der Waals surface area contributed by atoms with Crippen LogP contribution in [0.15, 0.2) is 48.5 Å². The number of rotatable bonds is 7. The van der Waals surface area contributed by atoms with Crippen molar-refractivity contribution >= 4 is 11.9 Å².